The summed E-state index contributed by atoms with van der Waals surface area (Å²) in [6, 6.07) is 2.47. The third kappa shape index (κ3) is 1.82. The van der Waals surface area contributed by atoms with E-state index in [4.69, 9.17) is 5.73 Å². The Kier molecular flexibility index (Phi) is 2.34. The summed E-state index contributed by atoms with van der Waals surface area (Å²) < 4.78 is 51.6. The minimum absolute atomic E-state index is 0.144. The lowest BCUT2D eigenvalue weighted by Crippen LogP contribution is -2.29. The number of hydrogen-bond acceptors (Lipinski definition) is 1. The molecule has 2 N–H and O–H groups in total. The molecule has 2 rings (SSSR count). The fourth-order valence-electron chi connectivity index (χ4n) is 2.25. The van der Waals surface area contributed by atoms with Crippen molar-refractivity contribution in [3.8, 4) is 0 Å². The summed E-state index contributed by atoms with van der Waals surface area (Å²) in [5.74, 6) is -0.694. The first-order valence-electron chi connectivity index (χ1n) is 5.24. The van der Waals surface area contributed by atoms with Crippen LogP contribution in [-0.2, 0) is 11.7 Å². The van der Waals surface area contributed by atoms with Crippen molar-refractivity contribution in [2.75, 3.05) is 0 Å². The van der Waals surface area contributed by atoms with Crippen LogP contribution in [0.15, 0.2) is 18.2 Å². The maximum atomic E-state index is 13.1. The highest BCUT2D eigenvalue weighted by Crippen LogP contribution is 2.61. The van der Waals surface area contributed by atoms with Crippen molar-refractivity contribution < 1.29 is 17.6 Å². The summed E-state index contributed by atoms with van der Waals surface area (Å²) in [6.45, 7) is 3.55. The molecule has 0 spiro atoms. The molecular formula is C12H13F4N. The molecule has 0 aliphatic heterocycles. The van der Waals surface area contributed by atoms with Crippen LogP contribution in [0.5, 0.6) is 0 Å². The second-order valence-electron chi connectivity index (χ2n) is 5.22. The zero-order valence-corrected chi connectivity index (χ0v) is 9.53. The predicted molar refractivity (Wildman–Crippen MR) is 55.7 cm³/mol. The molecule has 1 fully saturated rings. The monoisotopic (exact) mass is 247 g/mol. The normalized spacial score (nSPS) is 27.0. The Morgan fingerprint density at radius 3 is 2.18 bits per heavy atom. The van der Waals surface area contributed by atoms with Gasteiger partial charge in [-0.25, -0.2) is 4.39 Å². The molecule has 1 atom stereocenters. The summed E-state index contributed by atoms with van der Waals surface area (Å²) in [5, 5.41) is 0. The van der Waals surface area contributed by atoms with Gasteiger partial charge in [-0.1, -0.05) is 13.8 Å². The van der Waals surface area contributed by atoms with Gasteiger partial charge in [0.05, 0.1) is 5.56 Å². The molecule has 5 heteroatoms. The third-order valence-corrected chi connectivity index (χ3v) is 3.57. The van der Waals surface area contributed by atoms with Gasteiger partial charge < -0.3 is 5.73 Å². The molecule has 94 valence electrons. The second-order valence-corrected chi connectivity index (χ2v) is 5.22. The number of halogens is 4. The average Bonchev–Trinajstić information content (AvgIpc) is 2.65. The summed E-state index contributed by atoms with van der Waals surface area (Å²) in [7, 11) is 0. The van der Waals surface area contributed by atoms with E-state index in [1.807, 2.05) is 0 Å². The van der Waals surface area contributed by atoms with Crippen LogP contribution in [0.3, 0.4) is 0 Å². The van der Waals surface area contributed by atoms with E-state index >= 15 is 0 Å². The maximum Gasteiger partial charge on any atom is 0.416 e. The van der Waals surface area contributed by atoms with E-state index < -0.39 is 28.5 Å². The van der Waals surface area contributed by atoms with Crippen molar-refractivity contribution in [1.29, 1.82) is 0 Å². The summed E-state index contributed by atoms with van der Waals surface area (Å²) >= 11 is 0. The fraction of sp³-hybridized carbons (Fsp3) is 0.500. The molecule has 1 nitrogen and oxygen atoms in total. The molecule has 0 bridgehead atoms. The lowest BCUT2D eigenvalue weighted by molar-refractivity contribution is -0.138. The molecule has 1 aliphatic rings. The molecule has 17 heavy (non-hydrogen) atoms. The first kappa shape index (κ1) is 12.4. The van der Waals surface area contributed by atoms with Crippen LogP contribution < -0.4 is 5.73 Å². The van der Waals surface area contributed by atoms with Gasteiger partial charge in [-0.3, -0.25) is 0 Å². The predicted octanol–water partition coefficient (Wildman–Crippen LogP) is 3.43. The van der Waals surface area contributed by atoms with Crippen LogP contribution in [-0.4, -0.2) is 0 Å². The van der Waals surface area contributed by atoms with Gasteiger partial charge in [0.2, 0.25) is 0 Å². The molecular weight excluding hydrogens is 234 g/mol. The lowest BCUT2D eigenvalue weighted by Gasteiger charge is -2.21. The number of nitrogens with two attached hydrogens (primary N) is 1. The molecule has 0 amide bonds. The van der Waals surface area contributed by atoms with Gasteiger partial charge in [0.15, 0.2) is 0 Å². The highest BCUT2D eigenvalue weighted by molar-refractivity contribution is 5.42. The number of rotatable bonds is 1. The van der Waals surface area contributed by atoms with Crippen molar-refractivity contribution in [3.63, 3.8) is 0 Å². The standard InChI is InChI=1S/C12H13F4N/c1-10(2)6-11(10,17)9-5-7(13)3-4-8(9)12(14,15)16/h3-5H,6,17H2,1-2H3. The molecule has 0 aromatic heterocycles. The maximum absolute atomic E-state index is 13.1. The Morgan fingerprint density at radius 1 is 1.24 bits per heavy atom. The van der Waals surface area contributed by atoms with Gasteiger partial charge >= 0.3 is 6.18 Å². The lowest BCUT2D eigenvalue weighted by atomic mass is 9.92. The molecule has 1 aromatic rings. The van der Waals surface area contributed by atoms with E-state index in [1.54, 1.807) is 13.8 Å². The van der Waals surface area contributed by atoms with E-state index in [0.717, 1.165) is 18.2 Å². The van der Waals surface area contributed by atoms with Crippen molar-refractivity contribution in [1.82, 2.24) is 0 Å². The Hall–Kier alpha value is -1.10. The van der Waals surface area contributed by atoms with E-state index in [0.29, 0.717) is 6.42 Å². The Balaban J connectivity index is 2.58. The highest BCUT2D eigenvalue weighted by atomic mass is 19.4. The van der Waals surface area contributed by atoms with Crippen LogP contribution >= 0.6 is 0 Å². The van der Waals surface area contributed by atoms with Gasteiger partial charge in [-0.2, -0.15) is 13.2 Å². The zero-order valence-electron chi connectivity index (χ0n) is 9.53. The minimum Gasteiger partial charge on any atom is -0.321 e. The molecule has 0 heterocycles. The molecule has 0 saturated heterocycles. The largest absolute Gasteiger partial charge is 0.416 e. The van der Waals surface area contributed by atoms with E-state index in [-0.39, 0.29) is 5.56 Å². The Bertz CT molecular complexity index is 464. The molecule has 1 aliphatic carbocycles. The molecule has 1 aromatic carbocycles. The van der Waals surface area contributed by atoms with Crippen LogP contribution in [0.1, 0.15) is 31.4 Å². The van der Waals surface area contributed by atoms with Crippen LogP contribution in [0, 0.1) is 11.2 Å². The van der Waals surface area contributed by atoms with Crippen molar-refractivity contribution in [2.45, 2.75) is 32.0 Å². The Morgan fingerprint density at radius 2 is 1.76 bits per heavy atom. The first-order valence-corrected chi connectivity index (χ1v) is 5.24. The third-order valence-electron chi connectivity index (χ3n) is 3.57. The highest BCUT2D eigenvalue weighted by Gasteiger charge is 2.61. The van der Waals surface area contributed by atoms with Gasteiger partial charge in [0.1, 0.15) is 5.82 Å². The van der Waals surface area contributed by atoms with E-state index in [1.165, 1.54) is 0 Å². The SMILES string of the molecule is CC1(C)CC1(N)c1cc(F)ccc1C(F)(F)F. The fourth-order valence-corrected chi connectivity index (χ4v) is 2.25. The van der Waals surface area contributed by atoms with Crippen LogP contribution in [0.2, 0.25) is 0 Å². The molecule has 1 unspecified atom stereocenters. The number of hydrogen-bond donors (Lipinski definition) is 1. The second kappa shape index (κ2) is 3.22. The van der Waals surface area contributed by atoms with Gasteiger partial charge in [0.25, 0.3) is 0 Å². The molecule has 1 saturated carbocycles. The first-order chi connectivity index (χ1) is 7.58. The number of benzene rings is 1. The van der Waals surface area contributed by atoms with Crippen molar-refractivity contribution >= 4 is 0 Å². The smallest absolute Gasteiger partial charge is 0.321 e. The molecule has 0 radical (unpaired) electrons. The average molecular weight is 247 g/mol. The zero-order chi connectivity index (χ0) is 13.1. The van der Waals surface area contributed by atoms with Crippen LogP contribution in [0.25, 0.3) is 0 Å². The van der Waals surface area contributed by atoms with Crippen molar-refractivity contribution in [2.24, 2.45) is 11.1 Å². The minimum atomic E-state index is -4.51. The summed E-state index contributed by atoms with van der Waals surface area (Å²) in [4.78, 5) is 0. The summed E-state index contributed by atoms with van der Waals surface area (Å²) in [5.41, 5.74) is 3.45. The topological polar surface area (TPSA) is 26.0 Å². The van der Waals surface area contributed by atoms with E-state index in [2.05, 4.69) is 0 Å². The quantitative estimate of drug-likeness (QED) is 0.756. The summed E-state index contributed by atoms with van der Waals surface area (Å²) in [6.07, 6.45) is -4.08. The van der Waals surface area contributed by atoms with Gasteiger partial charge in [-0.05, 0) is 35.6 Å². The van der Waals surface area contributed by atoms with Gasteiger partial charge in [0, 0.05) is 5.54 Å². The van der Waals surface area contributed by atoms with E-state index in [9.17, 15) is 17.6 Å². The Labute approximate surface area is 96.6 Å². The van der Waals surface area contributed by atoms with Crippen molar-refractivity contribution in [3.05, 3.63) is 35.1 Å². The van der Waals surface area contributed by atoms with Gasteiger partial charge in [-0.15, -0.1) is 0 Å². The number of alkyl halides is 3. The van der Waals surface area contributed by atoms with Crippen LogP contribution in [0.4, 0.5) is 17.6 Å².